The highest BCUT2D eigenvalue weighted by atomic mass is 19.2. The predicted molar refractivity (Wildman–Crippen MR) is 104 cm³/mol. The van der Waals surface area contributed by atoms with E-state index < -0.39 is 17.5 Å². The van der Waals surface area contributed by atoms with Gasteiger partial charge in [0.1, 0.15) is 0 Å². The van der Waals surface area contributed by atoms with Crippen LogP contribution in [0.4, 0.5) is 13.2 Å². The second kappa shape index (κ2) is 8.47. The highest BCUT2D eigenvalue weighted by Gasteiger charge is 2.20. The normalized spacial score (nSPS) is 11.1. The van der Waals surface area contributed by atoms with E-state index in [1.54, 1.807) is 25.1 Å². The second-order valence-electron chi connectivity index (χ2n) is 6.61. The van der Waals surface area contributed by atoms with Crippen molar-refractivity contribution in [1.82, 2.24) is 0 Å². The highest BCUT2D eigenvalue weighted by molar-refractivity contribution is 5.90. The van der Waals surface area contributed by atoms with Crippen LogP contribution in [0.25, 0.3) is 21.9 Å². The van der Waals surface area contributed by atoms with Gasteiger partial charge in [0.15, 0.2) is 23.2 Å². The fourth-order valence-electron chi connectivity index (χ4n) is 3.27. The van der Waals surface area contributed by atoms with Gasteiger partial charge in [0.2, 0.25) is 0 Å². The second-order valence-corrected chi connectivity index (χ2v) is 6.61. The fourth-order valence-corrected chi connectivity index (χ4v) is 3.27. The zero-order valence-electron chi connectivity index (χ0n) is 15.6. The lowest BCUT2D eigenvalue weighted by Gasteiger charge is -2.12. The minimum atomic E-state index is -1.19. The number of hydrogen-bond acceptors (Lipinski definition) is 1. The summed E-state index contributed by atoms with van der Waals surface area (Å²) in [6.07, 6.45) is 4.40. The number of rotatable bonds is 7. The first-order valence-electron chi connectivity index (χ1n) is 9.39. The van der Waals surface area contributed by atoms with Gasteiger partial charge < -0.3 is 4.74 Å². The topological polar surface area (TPSA) is 9.23 Å². The third kappa shape index (κ3) is 3.95. The summed E-state index contributed by atoms with van der Waals surface area (Å²) in [7, 11) is 0. The summed E-state index contributed by atoms with van der Waals surface area (Å²) in [5, 5.41) is -0.0738. The molecule has 0 unspecified atom stereocenters. The minimum Gasteiger partial charge on any atom is -0.491 e. The molecule has 142 valence electrons. The predicted octanol–water partition coefficient (Wildman–Crippen LogP) is 7.06. The molecule has 27 heavy (non-hydrogen) atoms. The van der Waals surface area contributed by atoms with Crippen molar-refractivity contribution >= 4 is 10.8 Å². The summed E-state index contributed by atoms with van der Waals surface area (Å²) in [5.74, 6) is -3.18. The standard InChI is InChI=1S/C23H23F3O/c1-3-5-6-7-15-8-10-16(11-9-15)18-14-17-12-13-19(27-4-2)22(25)20(17)23(26)21(18)24/h8-14H,3-7H2,1-2H3. The Bertz CT molecular complexity index is 933. The molecule has 0 atom stereocenters. The maximum Gasteiger partial charge on any atom is 0.175 e. The molecule has 3 aromatic rings. The maximum atomic E-state index is 14.7. The van der Waals surface area contributed by atoms with Crippen molar-refractivity contribution < 1.29 is 17.9 Å². The Kier molecular flexibility index (Phi) is 6.04. The van der Waals surface area contributed by atoms with Gasteiger partial charge in [0.05, 0.1) is 12.0 Å². The lowest BCUT2D eigenvalue weighted by atomic mass is 9.97. The van der Waals surface area contributed by atoms with E-state index in [4.69, 9.17) is 4.74 Å². The third-order valence-corrected chi connectivity index (χ3v) is 4.72. The van der Waals surface area contributed by atoms with Crippen LogP contribution in [0.5, 0.6) is 5.75 Å². The molecule has 3 aromatic carbocycles. The number of halogens is 3. The van der Waals surface area contributed by atoms with E-state index in [0.29, 0.717) is 10.9 Å². The Morgan fingerprint density at radius 3 is 2.22 bits per heavy atom. The molecule has 0 spiro atoms. The van der Waals surface area contributed by atoms with Crippen LogP contribution in [0.3, 0.4) is 0 Å². The summed E-state index contributed by atoms with van der Waals surface area (Å²) in [6.45, 7) is 4.10. The van der Waals surface area contributed by atoms with Gasteiger partial charge in [0.25, 0.3) is 0 Å². The lowest BCUT2D eigenvalue weighted by molar-refractivity contribution is 0.322. The van der Waals surface area contributed by atoms with Crippen LogP contribution in [0.2, 0.25) is 0 Å². The van der Waals surface area contributed by atoms with Crippen molar-refractivity contribution in [2.45, 2.75) is 39.5 Å². The first-order valence-corrected chi connectivity index (χ1v) is 9.39. The molecule has 0 saturated carbocycles. The van der Waals surface area contributed by atoms with E-state index >= 15 is 0 Å². The Labute approximate surface area is 157 Å². The molecule has 0 fully saturated rings. The van der Waals surface area contributed by atoms with E-state index in [0.717, 1.165) is 19.3 Å². The number of unbranched alkanes of at least 4 members (excludes halogenated alkanes) is 2. The fraction of sp³-hybridized carbons (Fsp3) is 0.304. The van der Waals surface area contributed by atoms with Crippen LogP contribution in [-0.2, 0) is 6.42 Å². The van der Waals surface area contributed by atoms with Crippen molar-refractivity contribution in [1.29, 1.82) is 0 Å². The summed E-state index contributed by atoms with van der Waals surface area (Å²) < 4.78 is 49.0. The van der Waals surface area contributed by atoms with Crippen LogP contribution in [0.15, 0.2) is 42.5 Å². The Morgan fingerprint density at radius 1 is 0.815 bits per heavy atom. The summed E-state index contributed by atoms with van der Waals surface area (Å²) in [4.78, 5) is 0. The Hall–Kier alpha value is -2.49. The van der Waals surface area contributed by atoms with Crippen molar-refractivity contribution in [3.8, 4) is 16.9 Å². The lowest BCUT2D eigenvalue weighted by Crippen LogP contribution is -1.99. The molecule has 0 saturated heterocycles. The number of fused-ring (bicyclic) bond motifs is 1. The van der Waals surface area contributed by atoms with Crippen LogP contribution >= 0.6 is 0 Å². The number of hydrogen-bond donors (Lipinski definition) is 0. The van der Waals surface area contributed by atoms with Gasteiger partial charge in [-0.1, -0.05) is 50.1 Å². The molecule has 0 aliphatic heterocycles. The van der Waals surface area contributed by atoms with Gasteiger partial charge in [-0.3, -0.25) is 0 Å². The van der Waals surface area contributed by atoms with E-state index in [9.17, 15) is 13.2 Å². The molecule has 4 heteroatoms. The molecular weight excluding hydrogens is 349 g/mol. The van der Waals surface area contributed by atoms with Crippen molar-refractivity contribution in [2.24, 2.45) is 0 Å². The zero-order valence-corrected chi connectivity index (χ0v) is 15.6. The Morgan fingerprint density at radius 2 is 1.56 bits per heavy atom. The van der Waals surface area contributed by atoms with Crippen LogP contribution in [-0.4, -0.2) is 6.61 Å². The molecule has 0 aliphatic carbocycles. The molecule has 0 radical (unpaired) electrons. The van der Waals surface area contributed by atoms with Gasteiger partial charge in [-0.25, -0.2) is 13.2 Å². The average molecular weight is 372 g/mol. The quantitative estimate of drug-likeness (QED) is 0.404. The zero-order chi connectivity index (χ0) is 19.4. The highest BCUT2D eigenvalue weighted by Crippen LogP contribution is 2.35. The summed E-state index contributed by atoms with van der Waals surface area (Å²) >= 11 is 0. The molecule has 0 heterocycles. The van der Waals surface area contributed by atoms with Crippen molar-refractivity contribution in [3.05, 3.63) is 65.5 Å². The van der Waals surface area contributed by atoms with E-state index in [1.165, 1.54) is 24.1 Å². The smallest absolute Gasteiger partial charge is 0.175 e. The molecule has 1 nitrogen and oxygen atoms in total. The monoisotopic (exact) mass is 372 g/mol. The molecule has 3 rings (SSSR count). The van der Waals surface area contributed by atoms with E-state index in [2.05, 4.69) is 6.92 Å². The third-order valence-electron chi connectivity index (χ3n) is 4.72. The minimum absolute atomic E-state index is 0.0764. The van der Waals surface area contributed by atoms with Crippen molar-refractivity contribution in [3.63, 3.8) is 0 Å². The largest absolute Gasteiger partial charge is 0.491 e. The molecule has 0 aliphatic rings. The van der Waals surface area contributed by atoms with Gasteiger partial charge in [-0.15, -0.1) is 0 Å². The summed E-state index contributed by atoms with van der Waals surface area (Å²) in [5.41, 5.74) is 1.87. The number of aryl methyl sites for hydroxylation is 1. The van der Waals surface area contributed by atoms with Crippen LogP contribution in [0.1, 0.15) is 38.7 Å². The Balaban J connectivity index is 2.00. The van der Waals surface area contributed by atoms with Crippen LogP contribution < -0.4 is 4.74 Å². The number of benzene rings is 3. The maximum absolute atomic E-state index is 14.7. The molecule has 0 amide bonds. The SMILES string of the molecule is CCCCCc1ccc(-c2cc3ccc(OCC)c(F)c3c(F)c2F)cc1. The van der Waals surface area contributed by atoms with Gasteiger partial charge in [-0.2, -0.15) is 0 Å². The van der Waals surface area contributed by atoms with Gasteiger partial charge in [-0.05, 0) is 48.4 Å². The van der Waals surface area contributed by atoms with Crippen LogP contribution in [0, 0.1) is 17.5 Å². The molecular formula is C23H23F3O. The first-order chi connectivity index (χ1) is 13.1. The van der Waals surface area contributed by atoms with Crippen molar-refractivity contribution in [2.75, 3.05) is 6.61 Å². The van der Waals surface area contributed by atoms with Gasteiger partial charge in [0, 0.05) is 5.56 Å². The van der Waals surface area contributed by atoms with E-state index in [1.807, 2.05) is 12.1 Å². The van der Waals surface area contributed by atoms with E-state index in [-0.39, 0.29) is 23.3 Å². The average Bonchev–Trinajstić information content (AvgIpc) is 2.67. The molecule has 0 aromatic heterocycles. The summed E-state index contributed by atoms with van der Waals surface area (Å²) in [6, 6.07) is 11.9. The number of ether oxygens (including phenoxy) is 1. The van der Waals surface area contributed by atoms with Gasteiger partial charge >= 0.3 is 0 Å². The molecule has 0 bridgehead atoms. The molecule has 0 N–H and O–H groups in total. The first kappa shape index (κ1) is 19.3.